The first-order chi connectivity index (χ1) is 6.64. The van der Waals surface area contributed by atoms with Gasteiger partial charge in [0.25, 0.3) is 0 Å². The molecule has 0 radical (unpaired) electrons. The normalized spacial score (nSPS) is 35.3. The first kappa shape index (κ1) is 6.80. The molecule has 1 aromatic heterocycles. The topological polar surface area (TPSA) is 24.9 Å². The van der Waals surface area contributed by atoms with Gasteiger partial charge in [0.05, 0.1) is 1.37 Å². The van der Waals surface area contributed by atoms with Crippen molar-refractivity contribution in [2.75, 3.05) is 6.54 Å². The van der Waals surface area contributed by atoms with E-state index in [0.717, 1.165) is 12.1 Å². The van der Waals surface area contributed by atoms with Gasteiger partial charge < -0.3 is 0 Å². The summed E-state index contributed by atoms with van der Waals surface area (Å²) in [6.45, 7) is 0.804. The van der Waals surface area contributed by atoms with Gasteiger partial charge in [-0.25, -0.2) is 0 Å². The zero-order valence-electron chi connectivity index (χ0n) is 8.18. The Hall–Kier alpha value is -0.600. The van der Waals surface area contributed by atoms with Crippen molar-refractivity contribution in [1.82, 2.24) is 10.3 Å². The lowest BCUT2D eigenvalue weighted by Crippen LogP contribution is -2.35. The zero-order valence-corrected chi connectivity index (χ0v) is 7.93. The number of pyridine rings is 1. The molecule has 2 aliphatic rings. The summed E-state index contributed by atoms with van der Waals surface area (Å²) in [5.41, 5.74) is 1.12. The number of hydrogen-bond donors (Lipinski definition) is 1. The van der Waals surface area contributed by atoms with E-state index < -0.39 is 5.48 Å². The van der Waals surface area contributed by atoms with Crippen LogP contribution in [0.4, 0.5) is 0 Å². The van der Waals surface area contributed by atoms with Crippen molar-refractivity contribution >= 4 is 11.6 Å². The Labute approximate surface area is 83.7 Å². The summed E-state index contributed by atoms with van der Waals surface area (Å²) in [6, 6.07) is 1.85. The molecule has 1 unspecified atom stereocenters. The molecule has 0 saturated heterocycles. The van der Waals surface area contributed by atoms with E-state index in [9.17, 15) is 0 Å². The van der Waals surface area contributed by atoms with Crippen LogP contribution >= 0.6 is 11.6 Å². The lowest BCUT2D eigenvalue weighted by molar-refractivity contribution is 0.516. The van der Waals surface area contributed by atoms with Gasteiger partial charge in [0.2, 0.25) is 0 Å². The van der Waals surface area contributed by atoms with Crippen LogP contribution in [-0.4, -0.2) is 11.5 Å². The number of rotatable bonds is 0. The van der Waals surface area contributed by atoms with E-state index >= 15 is 0 Å². The van der Waals surface area contributed by atoms with Gasteiger partial charge in [0.1, 0.15) is 5.48 Å². The third-order valence-corrected chi connectivity index (χ3v) is 3.40. The van der Waals surface area contributed by atoms with Crippen molar-refractivity contribution in [3.05, 3.63) is 29.6 Å². The molecule has 1 saturated carbocycles. The Morgan fingerprint density at radius 1 is 1.69 bits per heavy atom. The van der Waals surface area contributed by atoms with Crippen molar-refractivity contribution in [3.8, 4) is 0 Å². The fourth-order valence-corrected chi connectivity index (χ4v) is 2.27. The maximum Gasteiger partial charge on any atom is 0.109 e. The molecule has 1 atom stereocenters. The van der Waals surface area contributed by atoms with Crippen LogP contribution in [-0.2, 0) is 5.41 Å². The van der Waals surface area contributed by atoms with E-state index in [1.807, 2.05) is 12.3 Å². The van der Waals surface area contributed by atoms with Crippen LogP contribution in [0.2, 0.25) is 0 Å². The molecule has 2 heterocycles. The molecule has 1 aliphatic carbocycles. The molecule has 1 aliphatic heterocycles. The molecule has 0 bridgehead atoms. The lowest BCUT2D eigenvalue weighted by atomic mass is 9.90. The summed E-state index contributed by atoms with van der Waals surface area (Å²) < 4.78 is 7.94. The zero-order chi connectivity index (χ0) is 9.81. The van der Waals surface area contributed by atoms with Crippen LogP contribution in [0.3, 0.4) is 0 Å². The molecule has 1 N–H and O–H groups in total. The fraction of sp³-hybridized carbons (Fsp3) is 0.500. The number of fused-ring (bicyclic) bond motifs is 2. The predicted octanol–water partition coefficient (Wildman–Crippen LogP) is 1.95. The number of hydrogen-bond acceptors (Lipinski definition) is 2. The Morgan fingerprint density at radius 2 is 2.54 bits per heavy atom. The number of alkyl halides is 1. The molecule has 3 rings (SSSR count). The second-order valence-corrected chi connectivity index (χ2v) is 4.25. The van der Waals surface area contributed by atoms with Crippen LogP contribution in [0.5, 0.6) is 0 Å². The highest BCUT2D eigenvalue weighted by atomic mass is 35.5. The van der Waals surface area contributed by atoms with Gasteiger partial charge in [-0.15, -0.1) is 11.6 Å². The standard InChI is InChI=1S/C10H11ClN2/c11-9-7-1-4-12-5-8(7)10(2-3-10)6-13-9/h1,4-5,9,13H,2-3,6H2/i9D. The van der Waals surface area contributed by atoms with Crippen LogP contribution in [0, 0.1) is 0 Å². The Kier molecular flexibility index (Phi) is 1.28. The SMILES string of the molecule is [2H]C1(Cl)NCC2(CC2)c2cnccc21. The molecular weight excluding hydrogens is 184 g/mol. The van der Waals surface area contributed by atoms with Gasteiger partial charge >= 0.3 is 0 Å². The molecule has 3 heteroatoms. The van der Waals surface area contributed by atoms with Crippen LogP contribution in [0.15, 0.2) is 18.5 Å². The molecule has 2 nitrogen and oxygen atoms in total. The van der Waals surface area contributed by atoms with Gasteiger partial charge in [0, 0.05) is 24.4 Å². The Balaban J connectivity index is 2.20. The molecule has 0 aromatic carbocycles. The van der Waals surface area contributed by atoms with E-state index in [2.05, 4.69) is 10.3 Å². The third-order valence-electron chi connectivity index (χ3n) is 3.06. The first-order valence-corrected chi connectivity index (χ1v) is 4.91. The Bertz CT molecular complexity index is 362. The predicted molar refractivity (Wildman–Crippen MR) is 51.7 cm³/mol. The summed E-state index contributed by atoms with van der Waals surface area (Å²) >= 11 is 6.09. The van der Waals surface area contributed by atoms with Crippen LogP contribution in [0.25, 0.3) is 0 Å². The summed E-state index contributed by atoms with van der Waals surface area (Å²) in [6.07, 6.45) is 5.94. The van der Waals surface area contributed by atoms with Crippen LogP contribution in [0.1, 0.15) is 30.8 Å². The highest BCUT2D eigenvalue weighted by molar-refractivity contribution is 6.20. The quantitative estimate of drug-likeness (QED) is 0.506. The van der Waals surface area contributed by atoms with Crippen LogP contribution < -0.4 is 5.32 Å². The third kappa shape index (κ3) is 1.02. The molecule has 1 fully saturated rings. The average molecular weight is 196 g/mol. The molecule has 1 spiro atoms. The van der Waals surface area contributed by atoms with Crippen molar-refractivity contribution in [2.45, 2.75) is 23.7 Å². The molecule has 13 heavy (non-hydrogen) atoms. The van der Waals surface area contributed by atoms with Crippen molar-refractivity contribution < 1.29 is 1.37 Å². The van der Waals surface area contributed by atoms with Crippen molar-refractivity contribution in [3.63, 3.8) is 0 Å². The minimum Gasteiger partial charge on any atom is -0.297 e. The van der Waals surface area contributed by atoms with E-state index in [4.69, 9.17) is 13.0 Å². The number of aromatic nitrogens is 1. The molecule has 68 valence electrons. The smallest absolute Gasteiger partial charge is 0.109 e. The number of nitrogens with zero attached hydrogens (tertiary/aromatic N) is 1. The maximum absolute atomic E-state index is 7.94. The van der Waals surface area contributed by atoms with Gasteiger partial charge in [-0.05, 0) is 30.0 Å². The average Bonchev–Trinajstić information content (AvgIpc) is 2.95. The number of halogens is 1. The van der Waals surface area contributed by atoms with E-state index in [0.29, 0.717) is 0 Å². The van der Waals surface area contributed by atoms with Gasteiger partial charge in [-0.1, -0.05) is 0 Å². The van der Waals surface area contributed by atoms with E-state index in [1.165, 1.54) is 18.4 Å². The van der Waals surface area contributed by atoms with Crippen molar-refractivity contribution in [2.24, 2.45) is 0 Å². The summed E-state index contributed by atoms with van der Waals surface area (Å²) in [7, 11) is 0. The Morgan fingerprint density at radius 3 is 3.31 bits per heavy atom. The molecule has 1 aromatic rings. The summed E-state index contributed by atoms with van der Waals surface area (Å²) in [5.74, 6) is 0. The largest absolute Gasteiger partial charge is 0.297 e. The maximum atomic E-state index is 7.94. The van der Waals surface area contributed by atoms with E-state index in [1.54, 1.807) is 6.20 Å². The lowest BCUT2D eigenvalue weighted by Gasteiger charge is -2.29. The fourth-order valence-electron chi connectivity index (χ4n) is 2.04. The molecular formula is C10H11ClN2. The van der Waals surface area contributed by atoms with Gasteiger partial charge in [0.15, 0.2) is 0 Å². The highest BCUT2D eigenvalue weighted by Crippen LogP contribution is 2.52. The van der Waals surface area contributed by atoms with E-state index in [-0.39, 0.29) is 5.41 Å². The summed E-state index contributed by atoms with van der Waals surface area (Å²) in [5, 5.41) is 3.07. The monoisotopic (exact) mass is 195 g/mol. The minimum atomic E-state index is -1.16. The summed E-state index contributed by atoms with van der Waals surface area (Å²) in [4.78, 5) is 4.13. The first-order valence-electron chi connectivity index (χ1n) is 5.03. The van der Waals surface area contributed by atoms with Gasteiger partial charge in [-0.2, -0.15) is 0 Å². The minimum absolute atomic E-state index is 0.239. The van der Waals surface area contributed by atoms with Crippen molar-refractivity contribution in [1.29, 1.82) is 0 Å². The second-order valence-electron chi connectivity index (χ2n) is 3.87. The number of nitrogens with one attached hydrogen (secondary N) is 1. The second kappa shape index (κ2) is 2.46. The molecule has 0 amide bonds. The highest BCUT2D eigenvalue weighted by Gasteiger charge is 2.48. The van der Waals surface area contributed by atoms with Gasteiger partial charge in [-0.3, -0.25) is 10.3 Å².